The van der Waals surface area contributed by atoms with Gasteiger partial charge in [0.05, 0.1) is 10.9 Å². The van der Waals surface area contributed by atoms with Gasteiger partial charge in [-0.2, -0.15) is 18.3 Å². The number of rotatable bonds is 4. The van der Waals surface area contributed by atoms with Crippen LogP contribution in [0.4, 0.5) is 14.6 Å². The normalized spacial score (nSPS) is 11.7. The van der Waals surface area contributed by atoms with Gasteiger partial charge in [0.2, 0.25) is 5.43 Å². The largest absolute Gasteiger partial charge is 0.458 e. The average Bonchev–Trinajstić information content (AvgIpc) is 3.33. The molecular formula is C29H22F2N6O4S. The van der Waals surface area contributed by atoms with Crippen LogP contribution in [0.2, 0.25) is 0 Å². The summed E-state index contributed by atoms with van der Waals surface area (Å²) in [5.41, 5.74) is 8.90. The number of nitrogens with zero attached hydrogens (tertiary/aromatic N) is 4. The molecule has 0 aliphatic rings. The molecule has 13 heteroatoms. The van der Waals surface area contributed by atoms with Crippen molar-refractivity contribution in [1.29, 1.82) is 4.78 Å². The molecule has 0 amide bonds. The molecule has 3 aromatic heterocycles. The van der Waals surface area contributed by atoms with Crippen molar-refractivity contribution in [2.75, 3.05) is 5.73 Å². The minimum atomic E-state index is -2.61. The van der Waals surface area contributed by atoms with E-state index < -0.39 is 33.6 Å². The van der Waals surface area contributed by atoms with Gasteiger partial charge in [-0.05, 0) is 43.7 Å². The Balaban J connectivity index is 0.000000830. The van der Waals surface area contributed by atoms with Crippen molar-refractivity contribution in [1.82, 2.24) is 19.7 Å². The fourth-order valence-electron chi connectivity index (χ4n) is 4.72. The molecule has 0 radical (unpaired) electrons. The number of hydrogen-bond acceptors (Lipinski definition) is 9. The van der Waals surface area contributed by atoms with Crippen molar-refractivity contribution in [2.24, 2.45) is 0 Å². The first-order valence-electron chi connectivity index (χ1n) is 12.4. The van der Waals surface area contributed by atoms with Gasteiger partial charge in [0.25, 0.3) is 0 Å². The maximum atomic E-state index is 14.8. The van der Waals surface area contributed by atoms with Crippen molar-refractivity contribution in [3.8, 4) is 22.4 Å². The lowest BCUT2D eigenvalue weighted by molar-refractivity contribution is 0.445. The summed E-state index contributed by atoms with van der Waals surface area (Å²) in [6.07, 6.45) is 1.33. The predicted octanol–water partition coefficient (Wildman–Crippen LogP) is 5.67. The van der Waals surface area contributed by atoms with E-state index in [0.29, 0.717) is 16.7 Å². The maximum absolute atomic E-state index is 14.8. The van der Waals surface area contributed by atoms with Crippen LogP contribution in [0.1, 0.15) is 24.3 Å². The Labute approximate surface area is 238 Å². The van der Waals surface area contributed by atoms with E-state index in [4.69, 9.17) is 28.4 Å². The lowest BCUT2D eigenvalue weighted by Crippen LogP contribution is -2.17. The summed E-state index contributed by atoms with van der Waals surface area (Å²) in [5.74, 6) is -0.840. The number of nitrogens with one attached hydrogen (secondary N) is 1. The van der Waals surface area contributed by atoms with Gasteiger partial charge in [-0.1, -0.05) is 48.0 Å². The van der Waals surface area contributed by atoms with Crippen molar-refractivity contribution < 1.29 is 21.6 Å². The van der Waals surface area contributed by atoms with Crippen LogP contribution in [0.5, 0.6) is 0 Å². The van der Waals surface area contributed by atoms with Gasteiger partial charge in [-0.25, -0.2) is 23.4 Å². The van der Waals surface area contributed by atoms with Gasteiger partial charge in [0.1, 0.15) is 52.2 Å². The molecule has 0 spiro atoms. The second-order valence-electron chi connectivity index (χ2n) is 9.32. The molecule has 6 aromatic rings. The molecule has 10 nitrogen and oxygen atoms in total. The van der Waals surface area contributed by atoms with Gasteiger partial charge < -0.3 is 10.2 Å². The van der Waals surface area contributed by atoms with E-state index >= 15 is 0 Å². The highest BCUT2D eigenvalue weighted by atomic mass is 32.2. The molecule has 0 fully saturated rings. The van der Waals surface area contributed by atoms with Crippen LogP contribution in [-0.2, 0) is 10.5 Å². The summed E-state index contributed by atoms with van der Waals surface area (Å²) in [6, 6.07) is 16.8. The Morgan fingerprint density at radius 3 is 2.36 bits per heavy atom. The lowest BCUT2D eigenvalue weighted by atomic mass is 9.99. The average molecular weight is 589 g/mol. The Morgan fingerprint density at radius 1 is 0.976 bits per heavy atom. The summed E-state index contributed by atoms with van der Waals surface area (Å²) in [6.45, 7) is 3.76. The topological polar surface area (TPSA) is 158 Å². The third-order valence-electron chi connectivity index (χ3n) is 6.60. The van der Waals surface area contributed by atoms with Crippen molar-refractivity contribution in [2.45, 2.75) is 19.9 Å². The Bertz CT molecular complexity index is 2140. The standard InChI is InChI=1S/C29H21F2N5O2.HNO2S/c1-15-9-11-17(12-10-15)25-24-28(32)33-14-34-29(24)36(35-25)16(2)27-22(18-5-3-6-19(30)13-18)26(37)23-20(31)7-4-8-21(23)38-27;1-4(2)3/h3-14,16H,1-2H3,(H2,32,33,34);1H. The number of hydrogen-bond donors (Lipinski definition) is 2. The maximum Gasteiger partial charge on any atom is 0.308 e. The zero-order valence-electron chi connectivity index (χ0n) is 22.2. The smallest absolute Gasteiger partial charge is 0.308 e. The van der Waals surface area contributed by atoms with E-state index in [0.717, 1.165) is 11.1 Å². The van der Waals surface area contributed by atoms with Crippen LogP contribution < -0.4 is 11.2 Å². The lowest BCUT2D eigenvalue weighted by Gasteiger charge is -2.17. The second-order valence-corrected chi connectivity index (χ2v) is 9.79. The minimum absolute atomic E-state index is 0.0390. The number of aryl methyl sites for hydroxylation is 1. The van der Waals surface area contributed by atoms with Crippen LogP contribution >= 0.6 is 0 Å². The molecule has 0 aliphatic heterocycles. The molecule has 1 unspecified atom stereocenters. The van der Waals surface area contributed by atoms with Crippen LogP contribution in [0.3, 0.4) is 0 Å². The molecule has 3 heterocycles. The second kappa shape index (κ2) is 11.3. The Kier molecular flexibility index (Phi) is 7.59. The Hall–Kier alpha value is -5.30. The zero-order chi connectivity index (χ0) is 30.1. The molecule has 3 aromatic carbocycles. The SMILES string of the molecule is Cc1ccc(-c2nn(C(C)c3oc4cccc(F)c4c(=O)c3-c3cccc(F)c3)c3ncnc(N)c23)cc1.N=S(=O)=O. The minimum Gasteiger partial charge on any atom is -0.458 e. The van der Waals surface area contributed by atoms with Gasteiger partial charge in [0.15, 0.2) is 5.65 Å². The summed E-state index contributed by atoms with van der Waals surface area (Å²) in [5, 5.41) is 5.17. The highest BCUT2D eigenvalue weighted by molar-refractivity contribution is 7.60. The van der Waals surface area contributed by atoms with Crippen molar-refractivity contribution >= 4 is 38.3 Å². The summed E-state index contributed by atoms with van der Waals surface area (Å²) in [4.78, 5) is 22.3. The monoisotopic (exact) mass is 588 g/mol. The summed E-state index contributed by atoms with van der Waals surface area (Å²) >= 11 is 0. The van der Waals surface area contributed by atoms with E-state index in [1.165, 1.54) is 42.7 Å². The molecule has 3 N–H and O–H groups in total. The number of fused-ring (bicyclic) bond motifs is 2. The van der Waals surface area contributed by atoms with Gasteiger partial charge in [0, 0.05) is 5.56 Å². The van der Waals surface area contributed by atoms with Crippen LogP contribution in [0.15, 0.2) is 82.3 Å². The van der Waals surface area contributed by atoms with E-state index in [9.17, 15) is 13.6 Å². The fourth-order valence-corrected chi connectivity index (χ4v) is 4.72. The molecule has 0 aliphatic carbocycles. The number of halogens is 2. The van der Waals surface area contributed by atoms with E-state index in [1.54, 1.807) is 17.7 Å². The molecule has 0 saturated carbocycles. The molecule has 0 saturated heterocycles. The Morgan fingerprint density at radius 2 is 1.67 bits per heavy atom. The van der Waals surface area contributed by atoms with Gasteiger partial charge in [-0.3, -0.25) is 4.79 Å². The molecule has 42 heavy (non-hydrogen) atoms. The van der Waals surface area contributed by atoms with Crippen molar-refractivity contribution in [3.05, 3.63) is 106 Å². The molecule has 6 rings (SSSR count). The number of aromatic nitrogens is 4. The fraction of sp³-hybridized carbons (Fsp3) is 0.103. The first-order chi connectivity index (χ1) is 20.1. The van der Waals surface area contributed by atoms with Crippen LogP contribution in [0.25, 0.3) is 44.4 Å². The number of nitrogen functional groups attached to an aromatic ring is 1. The predicted molar refractivity (Wildman–Crippen MR) is 153 cm³/mol. The third-order valence-corrected chi connectivity index (χ3v) is 6.60. The third kappa shape index (κ3) is 5.24. The van der Waals surface area contributed by atoms with E-state index in [2.05, 4.69) is 9.97 Å². The summed E-state index contributed by atoms with van der Waals surface area (Å²) in [7, 11) is -2.61. The first-order valence-corrected chi connectivity index (χ1v) is 13.5. The number of anilines is 1. The van der Waals surface area contributed by atoms with Gasteiger partial charge >= 0.3 is 10.5 Å². The van der Waals surface area contributed by atoms with E-state index in [-0.39, 0.29) is 33.7 Å². The molecule has 0 bridgehead atoms. The zero-order valence-corrected chi connectivity index (χ0v) is 23.0. The number of nitrogens with two attached hydrogens (primary N) is 1. The highest BCUT2D eigenvalue weighted by Crippen LogP contribution is 2.36. The van der Waals surface area contributed by atoms with E-state index in [1.807, 2.05) is 31.2 Å². The molecule has 1 atom stereocenters. The van der Waals surface area contributed by atoms with Gasteiger partial charge in [-0.15, -0.1) is 0 Å². The quantitative estimate of drug-likeness (QED) is 0.266. The first kappa shape index (κ1) is 28.2. The van der Waals surface area contributed by atoms with Crippen molar-refractivity contribution in [3.63, 3.8) is 0 Å². The van der Waals surface area contributed by atoms with Crippen LogP contribution in [0, 0.1) is 23.3 Å². The summed E-state index contributed by atoms with van der Waals surface area (Å²) < 4.78 is 59.6. The van der Waals surface area contributed by atoms with Crippen LogP contribution in [-0.4, -0.2) is 28.2 Å². The highest BCUT2D eigenvalue weighted by Gasteiger charge is 2.27. The molecule has 212 valence electrons. The number of benzene rings is 3. The molecular weight excluding hydrogens is 566 g/mol.